The van der Waals surface area contributed by atoms with E-state index in [1.165, 1.54) is 6.07 Å². The number of carbonyl (C=O) groups is 1. The summed E-state index contributed by atoms with van der Waals surface area (Å²) in [5.41, 5.74) is 3.66. The lowest BCUT2D eigenvalue weighted by atomic mass is 10.1. The minimum Gasteiger partial charge on any atom is -0.356 e. The van der Waals surface area contributed by atoms with E-state index in [1.54, 1.807) is 6.07 Å². The highest BCUT2D eigenvalue weighted by Crippen LogP contribution is 2.20. The van der Waals surface area contributed by atoms with Crippen LogP contribution in [-0.2, 0) is 24.2 Å². The van der Waals surface area contributed by atoms with E-state index in [0.717, 1.165) is 48.1 Å². The van der Waals surface area contributed by atoms with E-state index in [2.05, 4.69) is 9.88 Å². The summed E-state index contributed by atoms with van der Waals surface area (Å²) in [7, 11) is 0. The predicted molar refractivity (Wildman–Crippen MR) is 126 cm³/mol. The van der Waals surface area contributed by atoms with Crippen LogP contribution in [0.3, 0.4) is 0 Å². The van der Waals surface area contributed by atoms with Crippen molar-refractivity contribution in [3.05, 3.63) is 102 Å². The number of amides is 1. The van der Waals surface area contributed by atoms with Crippen LogP contribution in [0.1, 0.15) is 36.2 Å². The maximum atomic E-state index is 14.2. The fourth-order valence-corrected chi connectivity index (χ4v) is 3.95. The van der Waals surface area contributed by atoms with Crippen LogP contribution < -0.4 is 5.32 Å². The Morgan fingerprint density at radius 3 is 2.47 bits per heavy atom. The number of benzene rings is 3. The summed E-state index contributed by atoms with van der Waals surface area (Å²) in [6.45, 7) is 1.15. The van der Waals surface area contributed by atoms with Crippen molar-refractivity contribution in [2.45, 2.75) is 38.6 Å². The highest BCUT2D eigenvalue weighted by atomic mass is 19.1. The van der Waals surface area contributed by atoms with E-state index in [4.69, 9.17) is 4.98 Å². The SMILES string of the molecule is O=C(Cc1ccccc1)NCCCCCc1nc2ccccc2n1Cc1ccccc1F. The average Bonchev–Trinajstić information content (AvgIpc) is 3.15. The minimum absolute atomic E-state index is 0.0582. The zero-order chi connectivity index (χ0) is 22.2. The van der Waals surface area contributed by atoms with Crippen molar-refractivity contribution in [3.63, 3.8) is 0 Å². The lowest BCUT2D eigenvalue weighted by Crippen LogP contribution is -2.26. The first kappa shape index (κ1) is 21.8. The number of fused-ring (bicyclic) bond motifs is 1. The maximum absolute atomic E-state index is 14.2. The second kappa shape index (κ2) is 10.7. The van der Waals surface area contributed by atoms with Crippen LogP contribution in [0.5, 0.6) is 0 Å². The molecule has 1 N–H and O–H groups in total. The molecule has 1 amide bonds. The Morgan fingerprint density at radius 1 is 0.875 bits per heavy atom. The van der Waals surface area contributed by atoms with Crippen LogP contribution in [0.25, 0.3) is 11.0 Å². The zero-order valence-electron chi connectivity index (χ0n) is 18.1. The monoisotopic (exact) mass is 429 g/mol. The topological polar surface area (TPSA) is 46.9 Å². The molecule has 0 spiro atoms. The van der Waals surface area contributed by atoms with Gasteiger partial charge in [-0.3, -0.25) is 4.79 Å². The molecule has 4 nitrogen and oxygen atoms in total. The number of para-hydroxylation sites is 2. The molecule has 0 saturated heterocycles. The van der Waals surface area contributed by atoms with Gasteiger partial charge < -0.3 is 9.88 Å². The molecule has 5 heteroatoms. The zero-order valence-corrected chi connectivity index (χ0v) is 18.1. The number of unbranched alkanes of at least 4 members (excludes halogenated alkanes) is 2. The average molecular weight is 430 g/mol. The second-order valence-electron chi connectivity index (χ2n) is 8.02. The fourth-order valence-electron chi connectivity index (χ4n) is 3.95. The Balaban J connectivity index is 1.29. The molecule has 4 rings (SSSR count). The summed E-state index contributed by atoms with van der Waals surface area (Å²) in [6.07, 6.45) is 4.12. The van der Waals surface area contributed by atoms with Crippen molar-refractivity contribution in [3.8, 4) is 0 Å². The maximum Gasteiger partial charge on any atom is 0.224 e. The summed E-state index contributed by atoms with van der Waals surface area (Å²) in [4.78, 5) is 16.9. The number of imidazole rings is 1. The van der Waals surface area contributed by atoms with Gasteiger partial charge in [-0.1, -0.05) is 67.1 Å². The molecule has 0 fully saturated rings. The Bertz CT molecular complexity index is 1170. The summed E-state index contributed by atoms with van der Waals surface area (Å²) < 4.78 is 16.4. The molecule has 164 valence electrons. The highest BCUT2D eigenvalue weighted by molar-refractivity contribution is 5.78. The lowest BCUT2D eigenvalue weighted by molar-refractivity contribution is -0.120. The van der Waals surface area contributed by atoms with Gasteiger partial charge in [0.2, 0.25) is 5.91 Å². The Kier molecular flexibility index (Phi) is 7.28. The molecular weight excluding hydrogens is 401 g/mol. The third-order valence-electron chi connectivity index (χ3n) is 5.63. The number of halogens is 1. The van der Waals surface area contributed by atoms with Crippen molar-refractivity contribution in [1.29, 1.82) is 0 Å². The number of aromatic nitrogens is 2. The van der Waals surface area contributed by atoms with E-state index in [9.17, 15) is 9.18 Å². The number of rotatable bonds is 10. The van der Waals surface area contributed by atoms with Gasteiger partial charge in [0.05, 0.1) is 24.0 Å². The Hall–Kier alpha value is -3.47. The van der Waals surface area contributed by atoms with Crippen LogP contribution in [-0.4, -0.2) is 22.0 Å². The van der Waals surface area contributed by atoms with Gasteiger partial charge in [0.25, 0.3) is 0 Å². The van der Waals surface area contributed by atoms with Crippen LogP contribution in [0.15, 0.2) is 78.9 Å². The summed E-state index contributed by atoms with van der Waals surface area (Å²) in [5.74, 6) is 0.841. The first-order chi connectivity index (χ1) is 15.7. The summed E-state index contributed by atoms with van der Waals surface area (Å²) in [6, 6.07) is 24.7. The molecule has 1 aromatic heterocycles. The number of hydrogen-bond acceptors (Lipinski definition) is 2. The van der Waals surface area contributed by atoms with Crippen molar-refractivity contribution in [2.24, 2.45) is 0 Å². The van der Waals surface area contributed by atoms with Crippen molar-refractivity contribution >= 4 is 16.9 Å². The number of hydrogen-bond donors (Lipinski definition) is 1. The molecule has 0 radical (unpaired) electrons. The Morgan fingerprint density at radius 2 is 1.62 bits per heavy atom. The third kappa shape index (κ3) is 5.61. The molecule has 0 aliphatic heterocycles. The highest BCUT2D eigenvalue weighted by Gasteiger charge is 2.12. The lowest BCUT2D eigenvalue weighted by Gasteiger charge is -2.10. The molecule has 3 aromatic carbocycles. The first-order valence-electron chi connectivity index (χ1n) is 11.2. The Labute approximate surface area is 188 Å². The minimum atomic E-state index is -0.192. The standard InChI is InChI=1S/C27H28FN3O/c28-23-14-7-6-13-22(23)20-31-25-16-9-8-15-24(25)30-26(31)17-5-2-10-18-29-27(32)19-21-11-3-1-4-12-21/h1,3-4,6-9,11-16H,2,5,10,17-20H2,(H,29,32). The normalized spacial score (nSPS) is 11.0. The molecule has 0 aliphatic carbocycles. The fraction of sp³-hybridized carbons (Fsp3) is 0.259. The van der Waals surface area contributed by atoms with E-state index >= 15 is 0 Å². The van der Waals surface area contributed by atoms with Gasteiger partial charge >= 0.3 is 0 Å². The second-order valence-corrected chi connectivity index (χ2v) is 8.02. The largest absolute Gasteiger partial charge is 0.356 e. The molecule has 4 aromatic rings. The molecule has 1 heterocycles. The van der Waals surface area contributed by atoms with Crippen molar-refractivity contribution in [2.75, 3.05) is 6.54 Å². The molecule has 32 heavy (non-hydrogen) atoms. The molecule has 0 bridgehead atoms. The molecule has 0 saturated carbocycles. The van der Waals surface area contributed by atoms with Gasteiger partial charge in [-0.25, -0.2) is 9.37 Å². The number of carbonyl (C=O) groups excluding carboxylic acids is 1. The molecular formula is C27H28FN3O. The third-order valence-corrected chi connectivity index (χ3v) is 5.63. The molecule has 0 unspecified atom stereocenters. The van der Waals surface area contributed by atoms with Crippen LogP contribution in [0.2, 0.25) is 0 Å². The first-order valence-corrected chi connectivity index (χ1v) is 11.2. The van der Waals surface area contributed by atoms with Gasteiger partial charge in [0.15, 0.2) is 0 Å². The van der Waals surface area contributed by atoms with E-state index < -0.39 is 0 Å². The summed E-state index contributed by atoms with van der Waals surface area (Å²) in [5, 5.41) is 3.00. The van der Waals surface area contributed by atoms with E-state index in [1.807, 2.05) is 66.7 Å². The van der Waals surface area contributed by atoms with E-state index in [-0.39, 0.29) is 11.7 Å². The van der Waals surface area contributed by atoms with Crippen molar-refractivity contribution < 1.29 is 9.18 Å². The smallest absolute Gasteiger partial charge is 0.224 e. The number of nitrogens with zero attached hydrogens (tertiary/aromatic N) is 2. The van der Waals surface area contributed by atoms with Crippen LogP contribution >= 0.6 is 0 Å². The van der Waals surface area contributed by atoms with E-state index in [0.29, 0.717) is 25.1 Å². The molecule has 0 atom stereocenters. The van der Waals surface area contributed by atoms with Gasteiger partial charge in [-0.05, 0) is 36.6 Å². The number of nitrogens with one attached hydrogen (secondary N) is 1. The van der Waals surface area contributed by atoms with Gasteiger partial charge in [0, 0.05) is 18.5 Å². The van der Waals surface area contributed by atoms with Gasteiger partial charge in [-0.2, -0.15) is 0 Å². The molecule has 0 aliphatic rings. The quantitative estimate of drug-likeness (QED) is 0.348. The van der Waals surface area contributed by atoms with Gasteiger partial charge in [0.1, 0.15) is 11.6 Å². The van der Waals surface area contributed by atoms with Crippen LogP contribution in [0, 0.1) is 5.82 Å². The predicted octanol–water partition coefficient (Wildman–Crippen LogP) is 5.30. The number of aryl methyl sites for hydroxylation is 1. The van der Waals surface area contributed by atoms with Gasteiger partial charge in [-0.15, -0.1) is 0 Å². The summed E-state index contributed by atoms with van der Waals surface area (Å²) >= 11 is 0. The van der Waals surface area contributed by atoms with Crippen LogP contribution in [0.4, 0.5) is 4.39 Å². The van der Waals surface area contributed by atoms with Crippen molar-refractivity contribution in [1.82, 2.24) is 14.9 Å².